The zero-order chi connectivity index (χ0) is 25.5. The molecule has 2 bridgehead atoms. The molecular weight excluding hydrogens is 446 g/mol. The molecule has 0 aromatic heterocycles. The molecule has 3 fully saturated rings. The Labute approximate surface area is 206 Å². The van der Waals surface area contributed by atoms with E-state index < -0.39 is 29.6 Å². The Morgan fingerprint density at radius 2 is 1.86 bits per heavy atom. The number of hydrogen-bond donors (Lipinski definition) is 1. The van der Waals surface area contributed by atoms with Gasteiger partial charge >= 0.3 is 0 Å². The van der Waals surface area contributed by atoms with Crippen LogP contribution in [-0.2, 0) is 19.1 Å². The summed E-state index contributed by atoms with van der Waals surface area (Å²) >= 11 is 0. The summed E-state index contributed by atoms with van der Waals surface area (Å²) in [5, 5.41) is 9.79. The van der Waals surface area contributed by atoms with Gasteiger partial charge in [0.2, 0.25) is 11.8 Å². The Morgan fingerprint density at radius 1 is 1.20 bits per heavy atom. The summed E-state index contributed by atoms with van der Waals surface area (Å²) in [4.78, 5) is 46.1. The number of aliphatic hydroxyl groups is 1. The summed E-state index contributed by atoms with van der Waals surface area (Å²) in [6, 6.07) is 4.90. The second-order valence-electron chi connectivity index (χ2n) is 9.80. The Bertz CT molecular complexity index is 1040. The average molecular weight is 482 g/mol. The van der Waals surface area contributed by atoms with Crippen molar-refractivity contribution in [3.63, 3.8) is 0 Å². The van der Waals surface area contributed by atoms with Crippen LogP contribution in [0.4, 0.5) is 5.69 Å². The minimum Gasteiger partial charge on any atom is -0.395 e. The number of aliphatic hydroxyl groups excluding tert-OH is 1. The number of hydrogen-bond acceptors (Lipinski definition) is 5. The van der Waals surface area contributed by atoms with Crippen LogP contribution in [0.15, 0.2) is 43.5 Å². The van der Waals surface area contributed by atoms with Crippen molar-refractivity contribution < 1.29 is 24.2 Å². The normalized spacial score (nSPS) is 28.7. The standard InChI is InChI=1S/C27H35N3O5/c1-6-13-28(5)24(32)20-19-11-12-27(35-19)21(20)25(33)30(15-16-31)23(27)26(34)29(14-7-2)22-17(3)9-8-10-18(22)4/h6-10,19-21,23,31H,1-2,11-16H2,3-5H3/t19-,20+,21-,23?,27?/m0/s1. The minimum atomic E-state index is -1.10. The van der Waals surface area contributed by atoms with E-state index in [2.05, 4.69) is 13.2 Å². The molecule has 3 aliphatic rings. The van der Waals surface area contributed by atoms with Gasteiger partial charge in [0.25, 0.3) is 5.91 Å². The largest absolute Gasteiger partial charge is 0.395 e. The smallest absolute Gasteiger partial charge is 0.253 e. The van der Waals surface area contributed by atoms with E-state index in [1.807, 2.05) is 32.0 Å². The summed E-state index contributed by atoms with van der Waals surface area (Å²) in [5.74, 6) is -2.17. The number of likely N-dealkylation sites (tertiary alicyclic amines) is 1. The maximum Gasteiger partial charge on any atom is 0.253 e. The Kier molecular flexibility index (Phi) is 6.88. The molecule has 1 N–H and O–H groups in total. The first kappa shape index (κ1) is 25.1. The number of ether oxygens (including phenoxy) is 1. The van der Waals surface area contributed by atoms with Crippen molar-refractivity contribution in [2.24, 2.45) is 11.8 Å². The number of likely N-dealkylation sites (N-methyl/N-ethyl adjacent to an activating group) is 1. The van der Waals surface area contributed by atoms with Crippen LogP contribution >= 0.6 is 0 Å². The third-order valence-electron chi connectivity index (χ3n) is 7.73. The van der Waals surface area contributed by atoms with E-state index in [1.54, 1.807) is 29.0 Å². The highest BCUT2D eigenvalue weighted by Crippen LogP contribution is 2.59. The van der Waals surface area contributed by atoms with Crippen molar-refractivity contribution in [3.05, 3.63) is 54.6 Å². The highest BCUT2D eigenvalue weighted by atomic mass is 16.5. The number of fused-ring (bicyclic) bond motifs is 1. The van der Waals surface area contributed by atoms with Crippen LogP contribution in [0.1, 0.15) is 24.0 Å². The van der Waals surface area contributed by atoms with Gasteiger partial charge in [0.1, 0.15) is 11.6 Å². The van der Waals surface area contributed by atoms with Crippen LogP contribution < -0.4 is 4.90 Å². The minimum absolute atomic E-state index is 0.000389. The van der Waals surface area contributed by atoms with Crippen molar-refractivity contribution in [1.29, 1.82) is 0 Å². The van der Waals surface area contributed by atoms with Crippen molar-refractivity contribution in [2.75, 3.05) is 38.2 Å². The fraction of sp³-hybridized carbons (Fsp3) is 0.519. The number of benzene rings is 1. The van der Waals surface area contributed by atoms with E-state index in [0.29, 0.717) is 19.4 Å². The van der Waals surface area contributed by atoms with E-state index in [9.17, 15) is 19.5 Å². The second-order valence-corrected chi connectivity index (χ2v) is 9.80. The van der Waals surface area contributed by atoms with Gasteiger partial charge in [-0.2, -0.15) is 0 Å². The molecule has 3 amide bonds. The molecule has 8 heteroatoms. The predicted octanol–water partition coefficient (Wildman–Crippen LogP) is 1.83. The molecule has 1 spiro atoms. The van der Waals surface area contributed by atoms with E-state index in [1.165, 1.54) is 4.90 Å². The van der Waals surface area contributed by atoms with Gasteiger partial charge in [-0.25, -0.2) is 0 Å². The number of carbonyl (C=O) groups excluding carboxylic acids is 3. The molecule has 0 radical (unpaired) electrons. The van der Waals surface area contributed by atoms with E-state index in [4.69, 9.17) is 4.74 Å². The average Bonchev–Trinajstić information content (AvgIpc) is 3.46. The van der Waals surface area contributed by atoms with E-state index in [0.717, 1.165) is 16.8 Å². The highest BCUT2D eigenvalue weighted by Gasteiger charge is 2.74. The Balaban J connectivity index is 1.79. The molecule has 3 aliphatic heterocycles. The number of amides is 3. The van der Waals surface area contributed by atoms with Crippen molar-refractivity contribution in [1.82, 2.24) is 9.80 Å². The molecule has 188 valence electrons. The van der Waals surface area contributed by atoms with Gasteiger partial charge in [-0.3, -0.25) is 14.4 Å². The topological polar surface area (TPSA) is 90.4 Å². The maximum absolute atomic E-state index is 14.3. The zero-order valence-corrected chi connectivity index (χ0v) is 20.8. The maximum atomic E-state index is 14.3. The van der Waals surface area contributed by atoms with Gasteiger partial charge in [0, 0.05) is 32.4 Å². The summed E-state index contributed by atoms with van der Waals surface area (Å²) < 4.78 is 6.46. The molecule has 1 aromatic carbocycles. The molecule has 4 rings (SSSR count). The van der Waals surface area contributed by atoms with Crippen LogP contribution in [-0.4, -0.2) is 83.7 Å². The predicted molar refractivity (Wildman–Crippen MR) is 133 cm³/mol. The number of rotatable bonds is 9. The van der Waals surface area contributed by atoms with E-state index in [-0.39, 0.29) is 37.4 Å². The number of nitrogens with zero attached hydrogens (tertiary/aromatic N) is 3. The Hall–Kier alpha value is -2.97. The van der Waals surface area contributed by atoms with Crippen molar-refractivity contribution in [2.45, 2.75) is 44.4 Å². The third-order valence-corrected chi connectivity index (χ3v) is 7.73. The van der Waals surface area contributed by atoms with Crippen LogP contribution in [0.5, 0.6) is 0 Å². The lowest BCUT2D eigenvalue weighted by Gasteiger charge is -2.37. The lowest BCUT2D eigenvalue weighted by atomic mass is 9.70. The van der Waals surface area contributed by atoms with Gasteiger partial charge in [0.05, 0.1) is 24.5 Å². The number of β-amino-alcohol motifs (C(OH)–C–C–N with tert-alkyl or cyclic N) is 1. The zero-order valence-electron chi connectivity index (χ0n) is 20.8. The van der Waals surface area contributed by atoms with Crippen LogP contribution in [0.2, 0.25) is 0 Å². The van der Waals surface area contributed by atoms with Gasteiger partial charge in [-0.05, 0) is 37.8 Å². The van der Waals surface area contributed by atoms with Gasteiger partial charge in [-0.1, -0.05) is 30.4 Å². The van der Waals surface area contributed by atoms with Crippen LogP contribution in [0.25, 0.3) is 0 Å². The molecule has 3 heterocycles. The molecule has 8 nitrogen and oxygen atoms in total. The van der Waals surface area contributed by atoms with Crippen LogP contribution in [0.3, 0.4) is 0 Å². The lowest BCUT2D eigenvalue weighted by molar-refractivity contribution is -0.144. The molecular formula is C27H35N3O5. The molecule has 5 atom stereocenters. The summed E-state index contributed by atoms with van der Waals surface area (Å²) in [7, 11) is 1.68. The second kappa shape index (κ2) is 9.59. The lowest BCUT2D eigenvalue weighted by Crippen LogP contribution is -2.57. The van der Waals surface area contributed by atoms with E-state index >= 15 is 0 Å². The molecule has 2 unspecified atom stereocenters. The quantitative estimate of drug-likeness (QED) is 0.544. The van der Waals surface area contributed by atoms with Gasteiger partial charge in [0.15, 0.2) is 0 Å². The molecule has 3 saturated heterocycles. The van der Waals surface area contributed by atoms with Crippen molar-refractivity contribution in [3.8, 4) is 0 Å². The molecule has 0 aliphatic carbocycles. The first-order valence-corrected chi connectivity index (χ1v) is 12.2. The van der Waals surface area contributed by atoms with Crippen molar-refractivity contribution >= 4 is 23.4 Å². The number of para-hydroxylation sites is 1. The summed E-state index contributed by atoms with van der Waals surface area (Å²) in [6.07, 6.45) is 4.00. The fourth-order valence-corrected chi connectivity index (χ4v) is 6.40. The first-order valence-electron chi connectivity index (χ1n) is 12.2. The molecule has 1 aromatic rings. The molecule has 0 saturated carbocycles. The first-order chi connectivity index (χ1) is 16.7. The SMILES string of the molecule is C=CCN(C)C(=O)[C@@H]1[C@@H]2CCC3(O2)C(C(=O)N(CC=C)c2c(C)cccc2C)N(CCO)C(=O)[C@H]13. The number of carbonyl (C=O) groups is 3. The summed E-state index contributed by atoms with van der Waals surface area (Å²) in [6.45, 7) is 11.8. The molecule has 35 heavy (non-hydrogen) atoms. The monoisotopic (exact) mass is 481 g/mol. The highest BCUT2D eigenvalue weighted by molar-refractivity contribution is 6.05. The van der Waals surface area contributed by atoms with Gasteiger partial charge in [-0.15, -0.1) is 13.2 Å². The van der Waals surface area contributed by atoms with Crippen LogP contribution in [0, 0.1) is 25.7 Å². The summed E-state index contributed by atoms with van der Waals surface area (Å²) in [5.41, 5.74) is 1.55. The Morgan fingerprint density at radius 3 is 2.46 bits per heavy atom. The third kappa shape index (κ3) is 3.79. The van der Waals surface area contributed by atoms with Gasteiger partial charge < -0.3 is 24.5 Å². The fourth-order valence-electron chi connectivity index (χ4n) is 6.40. The number of aryl methyl sites for hydroxylation is 2. The number of anilines is 1.